The number of hydrogen-bond donors (Lipinski definition) is 1. The fourth-order valence-corrected chi connectivity index (χ4v) is 5.51. The molecule has 182 valence electrons. The van der Waals surface area contributed by atoms with Gasteiger partial charge in [0.1, 0.15) is 17.5 Å². The first kappa shape index (κ1) is 23.2. The fourth-order valence-electron chi connectivity index (χ4n) is 5.51. The van der Waals surface area contributed by atoms with Gasteiger partial charge in [0.25, 0.3) is 5.56 Å². The molecule has 3 unspecified atom stereocenters. The van der Waals surface area contributed by atoms with Crippen molar-refractivity contribution >= 4 is 17.0 Å². The summed E-state index contributed by atoms with van der Waals surface area (Å²) in [7, 11) is 0. The number of anilines is 1. The van der Waals surface area contributed by atoms with Gasteiger partial charge in [0.05, 0.1) is 5.69 Å². The average Bonchev–Trinajstić information content (AvgIpc) is 3.19. The normalized spacial score (nSPS) is 20.6. The third-order valence-electron chi connectivity index (χ3n) is 7.25. The quantitative estimate of drug-likeness (QED) is 0.433. The fraction of sp³-hybridized carbons (Fsp3) is 0.407. The van der Waals surface area contributed by atoms with E-state index >= 15 is 0 Å². The Kier molecular flexibility index (Phi) is 5.91. The van der Waals surface area contributed by atoms with E-state index in [-0.39, 0.29) is 23.2 Å². The molecule has 5 rings (SSSR count). The summed E-state index contributed by atoms with van der Waals surface area (Å²) in [6.45, 7) is 8.49. The van der Waals surface area contributed by atoms with Crippen LogP contribution < -0.4 is 11.3 Å². The first-order chi connectivity index (χ1) is 16.7. The maximum atomic E-state index is 14.2. The molecule has 3 atom stereocenters. The lowest BCUT2D eigenvalue weighted by Crippen LogP contribution is -2.35. The minimum Gasteiger partial charge on any atom is -0.382 e. The maximum absolute atomic E-state index is 14.2. The number of benzene rings is 1. The Morgan fingerprint density at radius 3 is 2.66 bits per heavy atom. The van der Waals surface area contributed by atoms with Gasteiger partial charge in [-0.3, -0.25) is 9.36 Å². The van der Waals surface area contributed by atoms with Crippen LogP contribution in [0.2, 0.25) is 0 Å². The number of nitrogens with two attached hydrogens (primary N) is 1. The molecule has 1 aliphatic rings. The molecule has 3 heterocycles. The van der Waals surface area contributed by atoms with E-state index in [1.165, 1.54) is 18.6 Å². The predicted molar refractivity (Wildman–Crippen MR) is 136 cm³/mol. The number of aryl methyl sites for hydroxylation is 1. The van der Waals surface area contributed by atoms with Gasteiger partial charge in [-0.2, -0.15) is 0 Å². The second kappa shape index (κ2) is 8.91. The minimum absolute atomic E-state index is 0.0273. The Bertz CT molecular complexity index is 1460. The summed E-state index contributed by atoms with van der Waals surface area (Å²) < 4.78 is 17.9. The first-order valence-corrected chi connectivity index (χ1v) is 12.2. The van der Waals surface area contributed by atoms with Crippen molar-refractivity contribution in [2.24, 2.45) is 17.8 Å². The molecule has 1 saturated carbocycles. The van der Waals surface area contributed by atoms with E-state index in [2.05, 4.69) is 30.7 Å². The van der Waals surface area contributed by atoms with E-state index < -0.39 is 0 Å². The van der Waals surface area contributed by atoms with Crippen molar-refractivity contribution in [1.82, 2.24) is 24.1 Å². The van der Waals surface area contributed by atoms with Crippen LogP contribution in [0.4, 0.5) is 10.2 Å². The molecule has 0 saturated heterocycles. The van der Waals surface area contributed by atoms with E-state index in [0.717, 1.165) is 18.5 Å². The Hall–Kier alpha value is -3.55. The van der Waals surface area contributed by atoms with Gasteiger partial charge >= 0.3 is 0 Å². The van der Waals surface area contributed by atoms with Crippen LogP contribution in [0.5, 0.6) is 0 Å². The lowest BCUT2D eigenvalue weighted by Gasteiger charge is -2.38. The summed E-state index contributed by atoms with van der Waals surface area (Å²) in [6.07, 6.45) is 5.14. The average molecular weight is 475 g/mol. The van der Waals surface area contributed by atoms with Crippen molar-refractivity contribution < 1.29 is 4.39 Å². The molecule has 0 radical (unpaired) electrons. The Labute approximate surface area is 203 Å². The number of pyridine rings is 1. The number of aromatic nitrogens is 5. The molecule has 8 heteroatoms. The SMILES string of the molecule is Cc1nc(N)c2nc(-c3cccc(F)c3)n(-c3ccc(=O)n(C4CC(C)CCC4C(C)C)c3)c2n1. The van der Waals surface area contributed by atoms with Gasteiger partial charge < -0.3 is 10.3 Å². The first-order valence-electron chi connectivity index (χ1n) is 12.2. The second-order valence-corrected chi connectivity index (χ2v) is 10.1. The molecule has 2 N–H and O–H groups in total. The van der Waals surface area contributed by atoms with Crippen molar-refractivity contribution in [3.05, 3.63) is 64.6 Å². The lowest BCUT2D eigenvalue weighted by molar-refractivity contribution is 0.146. The molecule has 0 bridgehead atoms. The van der Waals surface area contributed by atoms with Crippen LogP contribution in [0.1, 0.15) is 51.9 Å². The van der Waals surface area contributed by atoms with Crippen LogP contribution in [-0.4, -0.2) is 24.1 Å². The van der Waals surface area contributed by atoms with E-state index in [0.29, 0.717) is 46.1 Å². The maximum Gasteiger partial charge on any atom is 0.250 e. The van der Waals surface area contributed by atoms with Gasteiger partial charge in [0, 0.05) is 23.9 Å². The van der Waals surface area contributed by atoms with Crippen LogP contribution in [0, 0.1) is 30.5 Å². The molecule has 0 spiro atoms. The van der Waals surface area contributed by atoms with Crippen molar-refractivity contribution in [2.45, 2.75) is 53.0 Å². The van der Waals surface area contributed by atoms with Gasteiger partial charge in [-0.05, 0) is 55.7 Å². The van der Waals surface area contributed by atoms with Crippen molar-refractivity contribution in [3.8, 4) is 17.1 Å². The monoisotopic (exact) mass is 474 g/mol. The molecule has 7 nitrogen and oxygen atoms in total. The zero-order chi connectivity index (χ0) is 24.9. The smallest absolute Gasteiger partial charge is 0.250 e. The molecule has 1 fully saturated rings. The predicted octanol–water partition coefficient (Wildman–Crippen LogP) is 5.31. The Morgan fingerprint density at radius 2 is 1.91 bits per heavy atom. The molecular weight excluding hydrogens is 443 g/mol. The zero-order valence-corrected chi connectivity index (χ0v) is 20.6. The number of nitrogen functional groups attached to an aromatic ring is 1. The van der Waals surface area contributed by atoms with Crippen LogP contribution in [0.15, 0.2) is 47.4 Å². The summed E-state index contributed by atoms with van der Waals surface area (Å²) in [4.78, 5) is 26.7. The van der Waals surface area contributed by atoms with Gasteiger partial charge in [-0.1, -0.05) is 39.3 Å². The lowest BCUT2D eigenvalue weighted by atomic mass is 9.74. The Balaban J connectivity index is 1.75. The molecule has 0 aliphatic heterocycles. The number of rotatable bonds is 4. The van der Waals surface area contributed by atoms with E-state index in [9.17, 15) is 9.18 Å². The summed E-state index contributed by atoms with van der Waals surface area (Å²) in [5.41, 5.74) is 8.46. The number of fused-ring (bicyclic) bond motifs is 1. The number of nitrogens with zero attached hydrogens (tertiary/aromatic N) is 5. The van der Waals surface area contributed by atoms with Crippen LogP contribution >= 0.6 is 0 Å². The topological polar surface area (TPSA) is 91.6 Å². The number of hydrogen-bond acceptors (Lipinski definition) is 5. The summed E-state index contributed by atoms with van der Waals surface area (Å²) in [5, 5.41) is 0. The van der Waals surface area contributed by atoms with E-state index in [1.54, 1.807) is 31.2 Å². The zero-order valence-electron chi connectivity index (χ0n) is 20.6. The molecular formula is C27H31FN6O. The van der Waals surface area contributed by atoms with Gasteiger partial charge in [-0.25, -0.2) is 19.3 Å². The summed E-state index contributed by atoms with van der Waals surface area (Å²) >= 11 is 0. The standard InChI is InChI=1S/C27H31FN6O/c1-15(2)21-10-8-16(3)12-22(21)33-14-20(9-11-23(33)35)34-26(18-6-5-7-19(28)13-18)32-24-25(29)30-17(4)31-27(24)34/h5-7,9,11,13-16,21-22H,8,10,12H2,1-4H3,(H2,29,30,31). The van der Waals surface area contributed by atoms with Gasteiger partial charge in [0.15, 0.2) is 17.0 Å². The molecule has 4 aromatic rings. The van der Waals surface area contributed by atoms with Crippen LogP contribution in [0.25, 0.3) is 28.2 Å². The van der Waals surface area contributed by atoms with Crippen molar-refractivity contribution in [1.29, 1.82) is 0 Å². The Morgan fingerprint density at radius 1 is 1.11 bits per heavy atom. The summed E-state index contributed by atoms with van der Waals surface area (Å²) in [6, 6.07) is 9.75. The molecule has 1 aromatic carbocycles. The highest BCUT2D eigenvalue weighted by Gasteiger charge is 2.32. The number of halogens is 1. The van der Waals surface area contributed by atoms with Gasteiger partial charge in [0.2, 0.25) is 0 Å². The third-order valence-corrected chi connectivity index (χ3v) is 7.25. The van der Waals surface area contributed by atoms with Crippen LogP contribution in [-0.2, 0) is 0 Å². The third kappa shape index (κ3) is 4.22. The molecule has 3 aromatic heterocycles. The van der Waals surface area contributed by atoms with Gasteiger partial charge in [-0.15, -0.1) is 0 Å². The van der Waals surface area contributed by atoms with Crippen LogP contribution in [0.3, 0.4) is 0 Å². The second-order valence-electron chi connectivity index (χ2n) is 10.1. The van der Waals surface area contributed by atoms with E-state index in [4.69, 9.17) is 10.7 Å². The van der Waals surface area contributed by atoms with Crippen molar-refractivity contribution in [3.63, 3.8) is 0 Å². The largest absolute Gasteiger partial charge is 0.382 e. The highest BCUT2D eigenvalue weighted by atomic mass is 19.1. The number of imidazole rings is 1. The van der Waals surface area contributed by atoms with E-state index in [1.807, 2.05) is 15.3 Å². The molecule has 0 amide bonds. The minimum atomic E-state index is -0.364. The molecule has 35 heavy (non-hydrogen) atoms. The highest BCUT2D eigenvalue weighted by Crippen LogP contribution is 2.41. The highest BCUT2D eigenvalue weighted by molar-refractivity contribution is 5.87. The van der Waals surface area contributed by atoms with Crippen molar-refractivity contribution in [2.75, 3.05) is 5.73 Å². The molecule has 1 aliphatic carbocycles. The summed E-state index contributed by atoms with van der Waals surface area (Å²) in [5.74, 6) is 2.34.